The van der Waals surface area contributed by atoms with Crippen LogP contribution in [0.2, 0.25) is 0 Å². The second-order valence-electron chi connectivity index (χ2n) is 4.35. The van der Waals surface area contributed by atoms with Gasteiger partial charge in [-0.25, -0.2) is 0 Å². The van der Waals surface area contributed by atoms with Crippen LogP contribution in [0.3, 0.4) is 0 Å². The zero-order valence-corrected chi connectivity index (χ0v) is 12.7. The van der Waals surface area contributed by atoms with Crippen molar-refractivity contribution < 1.29 is 20.1 Å². The number of aromatic nitrogens is 3. The van der Waals surface area contributed by atoms with Crippen molar-refractivity contribution in [1.82, 2.24) is 14.8 Å². The van der Waals surface area contributed by atoms with E-state index in [0.29, 0.717) is 5.92 Å². The maximum absolute atomic E-state index is 4.22. The first-order chi connectivity index (χ1) is 7.68. The van der Waals surface area contributed by atoms with Gasteiger partial charge in [-0.05, 0) is 12.8 Å². The third-order valence-electron chi connectivity index (χ3n) is 2.43. The summed E-state index contributed by atoms with van der Waals surface area (Å²) in [4.78, 5) is 0. The molecule has 0 bridgehead atoms. The molecule has 1 aromatic heterocycles. The molecule has 2 rings (SSSR count). The molecule has 0 aliphatic heterocycles. The molecule has 17 heavy (non-hydrogen) atoms. The van der Waals surface area contributed by atoms with Crippen LogP contribution in [0.4, 0.5) is 0 Å². The van der Waals surface area contributed by atoms with E-state index in [2.05, 4.69) is 34.7 Å². The summed E-state index contributed by atoms with van der Waals surface area (Å²) in [5, 5.41) is 8.36. The van der Waals surface area contributed by atoms with Gasteiger partial charge in [0.2, 0.25) is 0 Å². The first kappa shape index (κ1) is 14.1. The number of hydrogen-bond acceptors (Lipinski definition) is 2. The molecule has 0 N–H and O–H groups in total. The van der Waals surface area contributed by atoms with Crippen LogP contribution >= 0.6 is 0 Å². The van der Waals surface area contributed by atoms with E-state index in [1.54, 1.807) is 0 Å². The summed E-state index contributed by atoms with van der Waals surface area (Å²) in [5.41, 5.74) is 1.00. The second-order valence-corrected chi connectivity index (χ2v) is 4.35. The molecule has 0 unspecified atom stereocenters. The van der Waals surface area contributed by atoms with Gasteiger partial charge in [0.05, 0.1) is 5.82 Å². The molecule has 0 saturated heterocycles. The van der Waals surface area contributed by atoms with Crippen LogP contribution in [0.25, 0.3) is 11.4 Å². The SMILES string of the molecule is Cc1nnc(-c2[c-]cccc2)n1CC(C)C.[Ir]. The Morgan fingerprint density at radius 3 is 2.65 bits per heavy atom. The maximum Gasteiger partial charge on any atom is 0.120 e. The van der Waals surface area contributed by atoms with E-state index >= 15 is 0 Å². The summed E-state index contributed by atoms with van der Waals surface area (Å²) < 4.78 is 2.15. The van der Waals surface area contributed by atoms with Crippen LogP contribution in [0, 0.1) is 18.9 Å². The van der Waals surface area contributed by atoms with Crippen LogP contribution in [0.1, 0.15) is 19.7 Å². The number of aryl methyl sites for hydroxylation is 1. The molecule has 1 radical (unpaired) electrons. The fourth-order valence-corrected chi connectivity index (χ4v) is 1.70. The topological polar surface area (TPSA) is 30.7 Å². The van der Waals surface area contributed by atoms with Gasteiger partial charge in [-0.15, -0.1) is 41.0 Å². The molecule has 0 atom stereocenters. The molecular weight excluding hydrogens is 390 g/mol. The van der Waals surface area contributed by atoms with E-state index in [1.165, 1.54) is 0 Å². The third-order valence-corrected chi connectivity index (χ3v) is 2.43. The zero-order chi connectivity index (χ0) is 11.5. The van der Waals surface area contributed by atoms with Crippen molar-refractivity contribution in [2.75, 3.05) is 0 Å². The van der Waals surface area contributed by atoms with E-state index < -0.39 is 0 Å². The average molecular weight is 407 g/mol. The summed E-state index contributed by atoms with van der Waals surface area (Å²) in [5.74, 6) is 2.45. The van der Waals surface area contributed by atoms with Crippen molar-refractivity contribution in [2.45, 2.75) is 27.3 Å². The minimum absolute atomic E-state index is 0. The van der Waals surface area contributed by atoms with Crippen LogP contribution in [0.5, 0.6) is 0 Å². The number of hydrogen-bond donors (Lipinski definition) is 0. The van der Waals surface area contributed by atoms with Gasteiger partial charge in [0.25, 0.3) is 0 Å². The van der Waals surface area contributed by atoms with Gasteiger partial charge in [0.15, 0.2) is 0 Å². The molecule has 93 valence electrons. The van der Waals surface area contributed by atoms with Gasteiger partial charge in [0, 0.05) is 26.7 Å². The fourth-order valence-electron chi connectivity index (χ4n) is 1.70. The molecular formula is C13H16IrN3-. The third kappa shape index (κ3) is 3.24. The van der Waals surface area contributed by atoms with Crippen molar-refractivity contribution in [2.24, 2.45) is 5.92 Å². The van der Waals surface area contributed by atoms with Gasteiger partial charge < -0.3 is 4.57 Å². The van der Waals surface area contributed by atoms with Gasteiger partial charge in [-0.3, -0.25) is 0 Å². The number of nitrogens with zero attached hydrogens (tertiary/aromatic N) is 3. The molecule has 0 fully saturated rings. The molecule has 0 amide bonds. The molecule has 1 heterocycles. The Hall–Kier alpha value is -0.991. The molecule has 0 saturated carbocycles. The molecule has 0 spiro atoms. The summed E-state index contributed by atoms with van der Waals surface area (Å²) >= 11 is 0. The minimum atomic E-state index is 0. The predicted molar refractivity (Wildman–Crippen MR) is 63.9 cm³/mol. The first-order valence-corrected chi connectivity index (χ1v) is 5.55. The standard InChI is InChI=1S/C13H16N3.Ir/c1-10(2)9-16-11(3)14-15-13(16)12-7-5-4-6-8-12;/h4-7,10H,9H2,1-3H3;/q-1;. The van der Waals surface area contributed by atoms with Crippen molar-refractivity contribution >= 4 is 0 Å². The van der Waals surface area contributed by atoms with Crippen LogP contribution in [-0.2, 0) is 26.7 Å². The maximum atomic E-state index is 4.22. The Labute approximate surface area is 116 Å². The van der Waals surface area contributed by atoms with Crippen LogP contribution < -0.4 is 0 Å². The van der Waals surface area contributed by atoms with E-state index in [1.807, 2.05) is 31.2 Å². The summed E-state index contributed by atoms with van der Waals surface area (Å²) in [6, 6.07) is 11.1. The average Bonchev–Trinajstić information content (AvgIpc) is 2.61. The van der Waals surface area contributed by atoms with Crippen molar-refractivity contribution in [3.05, 3.63) is 36.2 Å². The van der Waals surface area contributed by atoms with Gasteiger partial charge in [-0.2, -0.15) is 5.10 Å². The first-order valence-electron chi connectivity index (χ1n) is 5.55. The van der Waals surface area contributed by atoms with E-state index in [9.17, 15) is 0 Å². The molecule has 2 aromatic rings. The largest absolute Gasteiger partial charge is 0.351 e. The van der Waals surface area contributed by atoms with Crippen LogP contribution in [0.15, 0.2) is 24.3 Å². The Morgan fingerprint density at radius 1 is 1.29 bits per heavy atom. The predicted octanol–water partition coefficient (Wildman–Crippen LogP) is 2.71. The summed E-state index contributed by atoms with van der Waals surface area (Å²) in [6.45, 7) is 7.31. The quantitative estimate of drug-likeness (QED) is 0.734. The molecule has 1 aromatic carbocycles. The Bertz CT molecular complexity index is 463. The van der Waals surface area contributed by atoms with E-state index in [-0.39, 0.29) is 20.1 Å². The molecule has 3 nitrogen and oxygen atoms in total. The molecule has 0 aliphatic carbocycles. The monoisotopic (exact) mass is 407 g/mol. The minimum Gasteiger partial charge on any atom is -0.351 e. The molecule has 4 heteroatoms. The van der Waals surface area contributed by atoms with Crippen molar-refractivity contribution in [3.63, 3.8) is 0 Å². The fraction of sp³-hybridized carbons (Fsp3) is 0.385. The van der Waals surface area contributed by atoms with Crippen molar-refractivity contribution in [3.8, 4) is 11.4 Å². The number of rotatable bonds is 3. The van der Waals surface area contributed by atoms with E-state index in [0.717, 1.165) is 23.8 Å². The Morgan fingerprint density at radius 2 is 2.06 bits per heavy atom. The van der Waals surface area contributed by atoms with Crippen molar-refractivity contribution in [1.29, 1.82) is 0 Å². The Balaban J connectivity index is 0.00000144. The molecule has 0 aliphatic rings. The second kappa shape index (κ2) is 6.08. The Kier molecular flexibility index (Phi) is 5.03. The normalized spacial score (nSPS) is 10.4. The van der Waals surface area contributed by atoms with Gasteiger partial charge in [-0.1, -0.05) is 13.8 Å². The van der Waals surface area contributed by atoms with E-state index in [4.69, 9.17) is 0 Å². The van der Waals surface area contributed by atoms with Gasteiger partial charge in [0.1, 0.15) is 5.82 Å². The summed E-state index contributed by atoms with van der Waals surface area (Å²) in [7, 11) is 0. The van der Waals surface area contributed by atoms with Crippen LogP contribution in [-0.4, -0.2) is 14.8 Å². The number of benzene rings is 1. The van der Waals surface area contributed by atoms with Gasteiger partial charge >= 0.3 is 0 Å². The summed E-state index contributed by atoms with van der Waals surface area (Å²) in [6.07, 6.45) is 0. The smallest absolute Gasteiger partial charge is 0.120 e. The zero-order valence-electron chi connectivity index (χ0n) is 10.3.